The fourth-order valence-corrected chi connectivity index (χ4v) is 0.515. The molecular formula is C8H14O4. The summed E-state index contributed by atoms with van der Waals surface area (Å²) in [6.45, 7) is 3.72. The Balaban J connectivity index is 3.21. The van der Waals surface area contributed by atoms with E-state index in [4.69, 9.17) is 0 Å². The van der Waals surface area contributed by atoms with Crippen LogP contribution in [0, 0.1) is 0 Å². The molecule has 0 N–H and O–H groups in total. The van der Waals surface area contributed by atoms with Crippen LogP contribution in [0.3, 0.4) is 0 Å². The normalized spacial score (nSPS) is 9.17. The molecule has 0 bridgehead atoms. The molecule has 12 heavy (non-hydrogen) atoms. The van der Waals surface area contributed by atoms with Crippen molar-refractivity contribution in [3.63, 3.8) is 0 Å². The standard InChI is InChI=1S/C8H14O4/c1-3-7(9)11-5-6-12-8(10)4-2/h3-6H2,1-2H3. The quantitative estimate of drug-likeness (QED) is 0.459. The van der Waals surface area contributed by atoms with Crippen LogP contribution in [0.15, 0.2) is 0 Å². The molecule has 0 aliphatic heterocycles. The highest BCUT2D eigenvalue weighted by atomic mass is 16.6. The van der Waals surface area contributed by atoms with Crippen LogP contribution >= 0.6 is 0 Å². The molecule has 0 atom stereocenters. The van der Waals surface area contributed by atoms with E-state index >= 15 is 0 Å². The molecule has 0 unspecified atom stereocenters. The molecule has 0 fully saturated rings. The number of carbonyl (C=O) groups excluding carboxylic acids is 2. The number of esters is 2. The largest absolute Gasteiger partial charge is 0.462 e. The maximum atomic E-state index is 10.6. The summed E-state index contributed by atoms with van der Waals surface area (Å²) in [6, 6.07) is 0. The predicted octanol–water partition coefficient (Wildman–Crippen LogP) is 0.893. The summed E-state index contributed by atoms with van der Waals surface area (Å²) in [5.41, 5.74) is 0. The van der Waals surface area contributed by atoms with E-state index < -0.39 is 0 Å². The lowest BCUT2D eigenvalue weighted by Gasteiger charge is -2.03. The summed E-state index contributed by atoms with van der Waals surface area (Å²) < 4.78 is 9.34. The predicted molar refractivity (Wildman–Crippen MR) is 42.5 cm³/mol. The molecule has 0 heterocycles. The molecule has 0 aromatic heterocycles. The van der Waals surface area contributed by atoms with Crippen molar-refractivity contribution in [2.75, 3.05) is 13.2 Å². The van der Waals surface area contributed by atoms with E-state index in [2.05, 4.69) is 9.47 Å². The summed E-state index contributed by atoms with van der Waals surface area (Å²) in [5, 5.41) is 0. The lowest BCUT2D eigenvalue weighted by atomic mass is 10.5. The van der Waals surface area contributed by atoms with Gasteiger partial charge in [-0.15, -0.1) is 0 Å². The Bertz CT molecular complexity index is 135. The summed E-state index contributed by atoms with van der Waals surface area (Å²) >= 11 is 0. The maximum absolute atomic E-state index is 10.6. The van der Waals surface area contributed by atoms with E-state index in [-0.39, 0.29) is 25.2 Å². The molecule has 0 aliphatic carbocycles. The Hall–Kier alpha value is -1.06. The minimum atomic E-state index is -0.275. The Kier molecular flexibility index (Phi) is 6.05. The van der Waals surface area contributed by atoms with Gasteiger partial charge in [-0.2, -0.15) is 0 Å². The van der Waals surface area contributed by atoms with Crippen molar-refractivity contribution in [1.29, 1.82) is 0 Å². The molecule has 0 amide bonds. The lowest BCUT2D eigenvalue weighted by Crippen LogP contribution is -2.12. The smallest absolute Gasteiger partial charge is 0.305 e. The van der Waals surface area contributed by atoms with E-state index in [0.29, 0.717) is 12.8 Å². The highest BCUT2D eigenvalue weighted by Crippen LogP contribution is 1.87. The van der Waals surface area contributed by atoms with Gasteiger partial charge in [0.1, 0.15) is 13.2 Å². The van der Waals surface area contributed by atoms with Crippen molar-refractivity contribution in [3.8, 4) is 0 Å². The molecular weight excluding hydrogens is 160 g/mol. The monoisotopic (exact) mass is 174 g/mol. The van der Waals surface area contributed by atoms with E-state index in [1.807, 2.05) is 0 Å². The van der Waals surface area contributed by atoms with Gasteiger partial charge in [0.05, 0.1) is 0 Å². The molecule has 0 saturated carbocycles. The van der Waals surface area contributed by atoms with Crippen LogP contribution in [0.2, 0.25) is 0 Å². The van der Waals surface area contributed by atoms with Gasteiger partial charge in [0.2, 0.25) is 0 Å². The first kappa shape index (κ1) is 10.9. The highest BCUT2D eigenvalue weighted by Gasteiger charge is 2.00. The molecule has 0 aromatic rings. The zero-order valence-electron chi connectivity index (χ0n) is 7.46. The fraction of sp³-hybridized carbons (Fsp3) is 0.750. The first-order valence-electron chi connectivity index (χ1n) is 4.02. The highest BCUT2D eigenvalue weighted by molar-refractivity contribution is 5.69. The Labute approximate surface area is 71.8 Å². The average molecular weight is 174 g/mol. The second-order valence-corrected chi connectivity index (χ2v) is 2.15. The summed E-state index contributed by atoms with van der Waals surface area (Å²) in [7, 11) is 0. The van der Waals surface area contributed by atoms with Crippen LogP contribution in [0.25, 0.3) is 0 Å². The van der Waals surface area contributed by atoms with Gasteiger partial charge in [-0.3, -0.25) is 9.59 Å². The van der Waals surface area contributed by atoms with Crippen LogP contribution in [-0.2, 0) is 19.1 Å². The molecule has 0 aromatic carbocycles. The van der Waals surface area contributed by atoms with Gasteiger partial charge in [0.25, 0.3) is 0 Å². The molecule has 0 saturated heterocycles. The van der Waals surface area contributed by atoms with E-state index in [0.717, 1.165) is 0 Å². The van der Waals surface area contributed by atoms with Crippen molar-refractivity contribution in [2.45, 2.75) is 26.7 Å². The van der Waals surface area contributed by atoms with Crippen molar-refractivity contribution < 1.29 is 19.1 Å². The lowest BCUT2D eigenvalue weighted by molar-refractivity contribution is -0.151. The van der Waals surface area contributed by atoms with Gasteiger partial charge < -0.3 is 9.47 Å². The third kappa shape index (κ3) is 5.70. The second-order valence-electron chi connectivity index (χ2n) is 2.15. The first-order valence-corrected chi connectivity index (χ1v) is 4.02. The van der Waals surface area contributed by atoms with E-state index in [9.17, 15) is 9.59 Å². The molecule has 0 aliphatic rings. The first-order chi connectivity index (χ1) is 5.70. The van der Waals surface area contributed by atoms with Crippen molar-refractivity contribution in [3.05, 3.63) is 0 Å². The number of ether oxygens (including phenoxy) is 2. The van der Waals surface area contributed by atoms with Gasteiger partial charge in [-0.1, -0.05) is 13.8 Å². The Morgan fingerprint density at radius 1 is 0.917 bits per heavy atom. The van der Waals surface area contributed by atoms with Crippen molar-refractivity contribution in [2.24, 2.45) is 0 Å². The number of hydrogen-bond acceptors (Lipinski definition) is 4. The van der Waals surface area contributed by atoms with Crippen LogP contribution < -0.4 is 0 Å². The van der Waals surface area contributed by atoms with Crippen LogP contribution in [-0.4, -0.2) is 25.2 Å². The van der Waals surface area contributed by atoms with Gasteiger partial charge in [-0.05, 0) is 0 Å². The van der Waals surface area contributed by atoms with Crippen LogP contribution in [0.1, 0.15) is 26.7 Å². The van der Waals surface area contributed by atoms with Crippen molar-refractivity contribution in [1.82, 2.24) is 0 Å². The summed E-state index contributed by atoms with van der Waals surface area (Å²) in [5.74, 6) is -0.551. The average Bonchev–Trinajstić information content (AvgIpc) is 2.11. The minimum absolute atomic E-state index is 0.151. The zero-order valence-corrected chi connectivity index (χ0v) is 7.46. The topological polar surface area (TPSA) is 52.6 Å². The minimum Gasteiger partial charge on any atom is -0.462 e. The zero-order chi connectivity index (χ0) is 9.40. The SMILES string of the molecule is CCC(=O)OCCOC(=O)CC. The molecule has 4 nitrogen and oxygen atoms in total. The molecule has 0 spiro atoms. The maximum Gasteiger partial charge on any atom is 0.305 e. The van der Waals surface area contributed by atoms with Gasteiger partial charge in [0.15, 0.2) is 0 Å². The molecule has 4 heteroatoms. The van der Waals surface area contributed by atoms with Gasteiger partial charge in [-0.25, -0.2) is 0 Å². The van der Waals surface area contributed by atoms with Crippen LogP contribution in [0.4, 0.5) is 0 Å². The molecule has 70 valence electrons. The molecule has 0 rings (SSSR count). The van der Waals surface area contributed by atoms with Crippen molar-refractivity contribution >= 4 is 11.9 Å². The number of rotatable bonds is 5. The van der Waals surface area contributed by atoms with E-state index in [1.54, 1.807) is 13.8 Å². The fourth-order valence-electron chi connectivity index (χ4n) is 0.515. The second kappa shape index (κ2) is 6.64. The Morgan fingerprint density at radius 2 is 1.25 bits per heavy atom. The third-order valence-electron chi connectivity index (χ3n) is 1.19. The number of carbonyl (C=O) groups is 2. The molecule has 0 radical (unpaired) electrons. The van der Waals surface area contributed by atoms with Crippen LogP contribution in [0.5, 0.6) is 0 Å². The van der Waals surface area contributed by atoms with Gasteiger partial charge >= 0.3 is 11.9 Å². The summed E-state index contributed by atoms with van der Waals surface area (Å²) in [4.78, 5) is 21.1. The summed E-state index contributed by atoms with van der Waals surface area (Å²) in [6.07, 6.45) is 0.698. The number of hydrogen-bond donors (Lipinski definition) is 0. The third-order valence-corrected chi connectivity index (χ3v) is 1.19. The van der Waals surface area contributed by atoms with Gasteiger partial charge in [0, 0.05) is 12.8 Å². The van der Waals surface area contributed by atoms with E-state index in [1.165, 1.54) is 0 Å². The Morgan fingerprint density at radius 3 is 1.50 bits per heavy atom.